The number of aliphatic hydroxyl groups excluding tert-OH is 1. The monoisotopic (exact) mass is 425 g/mol. The summed E-state index contributed by atoms with van der Waals surface area (Å²) in [5.74, 6) is -0.0154. The molecule has 1 aromatic carbocycles. The van der Waals surface area contributed by atoms with Gasteiger partial charge in [0.1, 0.15) is 11.8 Å². The fourth-order valence-corrected chi connectivity index (χ4v) is 3.81. The molecule has 2 aromatic heterocycles. The van der Waals surface area contributed by atoms with E-state index in [4.69, 9.17) is 9.47 Å². The van der Waals surface area contributed by atoms with Crippen LogP contribution in [0.3, 0.4) is 0 Å². The molecule has 31 heavy (non-hydrogen) atoms. The topological polar surface area (TPSA) is 93.6 Å². The Labute approximate surface area is 179 Å². The first kappa shape index (κ1) is 21.1. The Morgan fingerprint density at radius 1 is 1.29 bits per heavy atom. The number of carbonyl (C=O) groups is 1. The fourth-order valence-electron chi connectivity index (χ4n) is 3.81. The van der Waals surface area contributed by atoms with Crippen molar-refractivity contribution in [1.82, 2.24) is 15.3 Å². The number of hydrogen-bond donors (Lipinski definition) is 2. The van der Waals surface area contributed by atoms with Crippen LogP contribution in [0.25, 0.3) is 10.9 Å². The highest BCUT2D eigenvalue weighted by Crippen LogP contribution is 2.31. The van der Waals surface area contributed by atoms with E-state index < -0.39 is 23.9 Å². The molecule has 0 saturated carbocycles. The van der Waals surface area contributed by atoms with E-state index >= 15 is 0 Å². The quantitative estimate of drug-likeness (QED) is 0.631. The van der Waals surface area contributed by atoms with Crippen LogP contribution in [-0.4, -0.2) is 52.2 Å². The molecule has 1 unspecified atom stereocenters. The maximum absolute atomic E-state index is 14.3. The lowest BCUT2D eigenvalue weighted by Gasteiger charge is -2.43. The summed E-state index contributed by atoms with van der Waals surface area (Å²) in [5.41, 5.74) is 0.327. The van der Waals surface area contributed by atoms with Gasteiger partial charge in [0.15, 0.2) is 0 Å². The minimum Gasteiger partial charge on any atom is -0.478 e. The highest BCUT2D eigenvalue weighted by Gasteiger charge is 2.47. The molecule has 4 rings (SSSR count). The predicted molar refractivity (Wildman–Crippen MR) is 113 cm³/mol. The normalized spacial score (nSPS) is 23.5. The lowest BCUT2D eigenvalue weighted by Crippen LogP contribution is -2.64. The molecule has 3 atom stereocenters. The van der Waals surface area contributed by atoms with E-state index in [0.717, 1.165) is 10.9 Å². The summed E-state index contributed by atoms with van der Waals surface area (Å²) in [6.07, 6.45) is -1.44. The standard InChI is InChI=1S/C23H24FN3O4/c1-2-30-19-10-7-15(14-25-19)13-23(11-12-31-21(24)20(23)28)27-22(29)18-9-8-16-5-3-4-6-17(16)26-18/h3-10,14,20-21,28H,2,11-13H2,1H3,(H,27,29)/t20-,21?,23+/m0/s1. The minimum absolute atomic E-state index is 0.0636. The highest BCUT2D eigenvalue weighted by atomic mass is 19.1. The molecule has 1 saturated heterocycles. The Bertz CT molecular complexity index is 1060. The van der Waals surface area contributed by atoms with E-state index in [-0.39, 0.29) is 25.1 Å². The van der Waals surface area contributed by atoms with Crippen LogP contribution >= 0.6 is 0 Å². The van der Waals surface area contributed by atoms with Crippen molar-refractivity contribution >= 4 is 16.8 Å². The molecular formula is C23H24FN3O4. The Kier molecular flexibility index (Phi) is 6.11. The Balaban J connectivity index is 1.61. The van der Waals surface area contributed by atoms with E-state index in [1.54, 1.807) is 30.5 Å². The summed E-state index contributed by atoms with van der Waals surface area (Å²) in [6, 6.07) is 14.4. The second-order valence-electron chi connectivity index (χ2n) is 7.53. The maximum atomic E-state index is 14.3. The number of aliphatic hydroxyl groups is 1. The average molecular weight is 425 g/mol. The van der Waals surface area contributed by atoms with E-state index in [0.29, 0.717) is 18.0 Å². The number of rotatable bonds is 6. The van der Waals surface area contributed by atoms with E-state index in [1.807, 2.05) is 31.2 Å². The van der Waals surface area contributed by atoms with Crippen LogP contribution in [0.2, 0.25) is 0 Å². The van der Waals surface area contributed by atoms with E-state index in [9.17, 15) is 14.3 Å². The first-order chi connectivity index (χ1) is 15.0. The molecule has 3 heterocycles. The summed E-state index contributed by atoms with van der Waals surface area (Å²) in [5, 5.41) is 14.4. The summed E-state index contributed by atoms with van der Waals surface area (Å²) in [7, 11) is 0. The van der Waals surface area contributed by atoms with Gasteiger partial charge in [-0.2, -0.15) is 0 Å². The Morgan fingerprint density at radius 2 is 2.13 bits per heavy atom. The number of nitrogens with one attached hydrogen (secondary N) is 1. The third kappa shape index (κ3) is 4.50. The number of nitrogens with zero attached hydrogens (tertiary/aromatic N) is 2. The van der Waals surface area contributed by atoms with Crippen molar-refractivity contribution in [2.45, 2.75) is 37.8 Å². The molecule has 2 N–H and O–H groups in total. The molecule has 1 aliphatic rings. The van der Waals surface area contributed by atoms with Gasteiger partial charge in [0.2, 0.25) is 12.2 Å². The number of amides is 1. The van der Waals surface area contributed by atoms with Crippen LogP contribution in [0.4, 0.5) is 4.39 Å². The summed E-state index contributed by atoms with van der Waals surface area (Å²) >= 11 is 0. The fraction of sp³-hybridized carbons (Fsp3) is 0.348. The van der Waals surface area contributed by atoms with Crippen molar-refractivity contribution in [2.24, 2.45) is 0 Å². The first-order valence-corrected chi connectivity index (χ1v) is 10.2. The third-order valence-corrected chi connectivity index (χ3v) is 5.44. The van der Waals surface area contributed by atoms with Crippen LogP contribution in [0.15, 0.2) is 54.7 Å². The molecule has 0 spiro atoms. The molecule has 0 aliphatic carbocycles. The predicted octanol–water partition coefficient (Wildman–Crippen LogP) is 2.82. The van der Waals surface area contributed by atoms with Crippen molar-refractivity contribution in [3.63, 3.8) is 0 Å². The van der Waals surface area contributed by atoms with Gasteiger partial charge in [0, 0.05) is 17.6 Å². The van der Waals surface area contributed by atoms with Crippen LogP contribution < -0.4 is 10.1 Å². The van der Waals surface area contributed by atoms with Crippen molar-refractivity contribution in [1.29, 1.82) is 0 Å². The third-order valence-electron chi connectivity index (χ3n) is 5.44. The van der Waals surface area contributed by atoms with E-state index in [2.05, 4.69) is 15.3 Å². The zero-order chi connectivity index (χ0) is 21.8. The molecule has 1 fully saturated rings. The molecular weight excluding hydrogens is 401 g/mol. The van der Waals surface area contributed by atoms with Gasteiger partial charge < -0.3 is 19.9 Å². The molecule has 0 radical (unpaired) electrons. The molecule has 162 valence electrons. The summed E-state index contributed by atoms with van der Waals surface area (Å²) < 4.78 is 24.6. The number of carbonyl (C=O) groups excluding carboxylic acids is 1. The van der Waals surface area contributed by atoms with Crippen molar-refractivity contribution in [3.8, 4) is 5.88 Å². The molecule has 8 heteroatoms. The number of halogens is 1. The SMILES string of the molecule is CCOc1ccc(C[C@]2(NC(=O)c3ccc4ccccc4n3)CCOC(F)[C@@H]2O)cn1. The second kappa shape index (κ2) is 8.95. The number of aromatic nitrogens is 2. The number of ether oxygens (including phenoxy) is 2. The van der Waals surface area contributed by atoms with Crippen LogP contribution in [-0.2, 0) is 11.2 Å². The lowest BCUT2D eigenvalue weighted by atomic mass is 9.81. The highest BCUT2D eigenvalue weighted by molar-refractivity contribution is 5.95. The zero-order valence-corrected chi connectivity index (χ0v) is 17.1. The largest absolute Gasteiger partial charge is 0.478 e. The minimum atomic E-state index is -1.91. The van der Waals surface area contributed by atoms with Crippen LogP contribution in [0.1, 0.15) is 29.4 Å². The van der Waals surface area contributed by atoms with Crippen molar-refractivity contribution in [2.75, 3.05) is 13.2 Å². The number of benzene rings is 1. The Hall–Kier alpha value is -3.10. The van der Waals surface area contributed by atoms with Crippen molar-refractivity contribution < 1.29 is 23.8 Å². The van der Waals surface area contributed by atoms with Gasteiger partial charge >= 0.3 is 0 Å². The smallest absolute Gasteiger partial charge is 0.270 e. The van der Waals surface area contributed by atoms with E-state index in [1.165, 1.54) is 0 Å². The first-order valence-electron chi connectivity index (χ1n) is 10.2. The van der Waals surface area contributed by atoms with Gasteiger partial charge in [-0.1, -0.05) is 30.3 Å². The zero-order valence-electron chi connectivity index (χ0n) is 17.1. The molecule has 3 aromatic rings. The number of pyridine rings is 2. The van der Waals surface area contributed by atoms with Gasteiger partial charge in [-0.15, -0.1) is 0 Å². The number of alkyl halides is 1. The molecule has 7 nitrogen and oxygen atoms in total. The summed E-state index contributed by atoms with van der Waals surface area (Å²) in [4.78, 5) is 21.7. The van der Waals surface area contributed by atoms with Gasteiger partial charge in [-0.25, -0.2) is 14.4 Å². The number of fused-ring (bicyclic) bond motifs is 1. The number of para-hydroxylation sites is 1. The van der Waals surface area contributed by atoms with Crippen LogP contribution in [0, 0.1) is 0 Å². The van der Waals surface area contributed by atoms with Gasteiger partial charge in [0.25, 0.3) is 5.91 Å². The van der Waals surface area contributed by atoms with Crippen LogP contribution in [0.5, 0.6) is 5.88 Å². The van der Waals surface area contributed by atoms with Gasteiger partial charge in [-0.05, 0) is 37.5 Å². The Morgan fingerprint density at radius 3 is 2.90 bits per heavy atom. The maximum Gasteiger partial charge on any atom is 0.270 e. The average Bonchev–Trinajstić information content (AvgIpc) is 2.78. The molecule has 1 aliphatic heterocycles. The van der Waals surface area contributed by atoms with Gasteiger partial charge in [-0.3, -0.25) is 4.79 Å². The second-order valence-corrected chi connectivity index (χ2v) is 7.53. The van der Waals surface area contributed by atoms with Crippen molar-refractivity contribution in [3.05, 3.63) is 66.0 Å². The number of hydrogen-bond acceptors (Lipinski definition) is 6. The molecule has 0 bridgehead atoms. The summed E-state index contributed by atoms with van der Waals surface area (Å²) in [6.45, 7) is 2.42. The van der Waals surface area contributed by atoms with Gasteiger partial charge in [0.05, 0.1) is 24.3 Å². The molecule has 1 amide bonds. The lowest BCUT2D eigenvalue weighted by molar-refractivity contribution is -0.177.